The quantitative estimate of drug-likeness (QED) is 0.295. The number of hydrogen-bond donors (Lipinski definition) is 3. The molecule has 0 aliphatic rings. The number of aliphatic hydroxyl groups is 1. The van der Waals surface area contributed by atoms with E-state index in [0.29, 0.717) is 19.0 Å². The van der Waals surface area contributed by atoms with Gasteiger partial charge < -0.3 is 25.2 Å². The van der Waals surface area contributed by atoms with Crippen LogP contribution in [-0.2, 0) is 6.54 Å². The molecule has 0 radical (unpaired) electrons. The van der Waals surface area contributed by atoms with Crippen molar-refractivity contribution in [3.05, 3.63) is 59.2 Å². The van der Waals surface area contributed by atoms with E-state index in [2.05, 4.69) is 15.6 Å². The summed E-state index contributed by atoms with van der Waals surface area (Å²) in [5, 5.41) is 16.8. The highest BCUT2D eigenvalue weighted by Gasteiger charge is 2.09. The summed E-state index contributed by atoms with van der Waals surface area (Å²) in [5.74, 6) is 2.24. The molecule has 0 aliphatic carbocycles. The molecule has 0 aromatic heterocycles. The van der Waals surface area contributed by atoms with Crippen molar-refractivity contribution >= 4 is 29.9 Å². The zero-order valence-corrected chi connectivity index (χ0v) is 19.2. The number of nitrogens with zero attached hydrogens (tertiary/aromatic N) is 1. The predicted molar refractivity (Wildman–Crippen MR) is 124 cm³/mol. The molecule has 0 aliphatic heterocycles. The molecule has 0 spiro atoms. The maximum absolute atomic E-state index is 10.4. The molecule has 154 valence electrons. The minimum Gasteiger partial charge on any atom is -0.497 e. The van der Waals surface area contributed by atoms with Gasteiger partial charge in [0.2, 0.25) is 0 Å². The molecular weight excluding hydrogens is 469 g/mol. The third-order valence-corrected chi connectivity index (χ3v) is 4.16. The van der Waals surface area contributed by atoms with Crippen LogP contribution in [0.5, 0.6) is 11.5 Å². The first kappa shape index (κ1) is 24.0. The fraction of sp³-hybridized carbons (Fsp3) is 0.381. The van der Waals surface area contributed by atoms with Crippen molar-refractivity contribution in [2.75, 3.05) is 27.3 Å². The second kappa shape index (κ2) is 12.5. The molecule has 2 aromatic carbocycles. The lowest BCUT2D eigenvalue weighted by molar-refractivity contribution is 0.180. The van der Waals surface area contributed by atoms with Crippen LogP contribution in [0.2, 0.25) is 0 Å². The molecule has 1 atom stereocenters. The lowest BCUT2D eigenvalue weighted by atomic mass is 10.1. The summed E-state index contributed by atoms with van der Waals surface area (Å²) < 4.78 is 10.6. The van der Waals surface area contributed by atoms with Crippen LogP contribution in [0.1, 0.15) is 29.7 Å². The summed E-state index contributed by atoms with van der Waals surface area (Å²) in [6.45, 7) is 5.60. The molecule has 0 bridgehead atoms. The number of hydrogen-bond acceptors (Lipinski definition) is 4. The zero-order valence-electron chi connectivity index (χ0n) is 16.9. The van der Waals surface area contributed by atoms with Crippen LogP contribution in [0.25, 0.3) is 0 Å². The van der Waals surface area contributed by atoms with E-state index in [-0.39, 0.29) is 24.0 Å². The molecule has 0 fully saturated rings. The highest BCUT2D eigenvalue weighted by Crippen LogP contribution is 2.20. The second-order valence-corrected chi connectivity index (χ2v) is 6.18. The van der Waals surface area contributed by atoms with Gasteiger partial charge in [0.1, 0.15) is 11.5 Å². The Morgan fingerprint density at radius 2 is 1.79 bits per heavy atom. The Morgan fingerprint density at radius 3 is 2.39 bits per heavy atom. The molecule has 0 saturated heterocycles. The van der Waals surface area contributed by atoms with Gasteiger partial charge in [0, 0.05) is 18.7 Å². The summed E-state index contributed by atoms with van der Waals surface area (Å²) in [7, 11) is 3.28. The lowest BCUT2D eigenvalue weighted by Gasteiger charge is -2.16. The van der Waals surface area contributed by atoms with E-state index in [0.717, 1.165) is 34.7 Å². The zero-order chi connectivity index (χ0) is 19.6. The van der Waals surface area contributed by atoms with Crippen molar-refractivity contribution < 1.29 is 14.6 Å². The topological polar surface area (TPSA) is 75.1 Å². The number of aryl methyl sites for hydroxylation is 1. The number of ether oxygens (including phenoxy) is 2. The SMILES string of the molecule is CCNC(=NCc1ccc(C)cc1OC)NCC(O)c1ccc(OC)cc1.I. The first-order chi connectivity index (χ1) is 13.1. The number of benzene rings is 2. The Morgan fingerprint density at radius 1 is 1.07 bits per heavy atom. The van der Waals surface area contributed by atoms with Gasteiger partial charge in [-0.1, -0.05) is 24.3 Å². The van der Waals surface area contributed by atoms with E-state index in [1.54, 1.807) is 14.2 Å². The van der Waals surface area contributed by atoms with Gasteiger partial charge in [-0.25, -0.2) is 4.99 Å². The molecule has 0 amide bonds. The van der Waals surface area contributed by atoms with Gasteiger partial charge in [-0.3, -0.25) is 0 Å². The standard InChI is InChI=1S/C21H29N3O3.HI/c1-5-22-21(23-13-17-7-6-15(2)12-20(17)27-4)24-14-19(25)16-8-10-18(26-3)11-9-16;/h6-12,19,25H,5,13-14H2,1-4H3,(H2,22,23,24);1H. The monoisotopic (exact) mass is 499 g/mol. The van der Waals surface area contributed by atoms with Gasteiger partial charge in [0.15, 0.2) is 5.96 Å². The number of halogens is 1. The Kier molecular flexibility index (Phi) is 10.7. The fourth-order valence-electron chi connectivity index (χ4n) is 2.63. The molecule has 0 saturated carbocycles. The van der Waals surface area contributed by atoms with E-state index in [1.165, 1.54) is 0 Å². The molecule has 2 rings (SSSR count). The van der Waals surface area contributed by atoms with Crippen molar-refractivity contribution in [2.24, 2.45) is 4.99 Å². The first-order valence-corrected chi connectivity index (χ1v) is 9.05. The molecular formula is C21H30IN3O3. The smallest absolute Gasteiger partial charge is 0.191 e. The predicted octanol–water partition coefficient (Wildman–Crippen LogP) is 3.42. The van der Waals surface area contributed by atoms with Crippen molar-refractivity contribution in [1.82, 2.24) is 10.6 Å². The van der Waals surface area contributed by atoms with E-state index in [9.17, 15) is 5.11 Å². The average Bonchev–Trinajstić information content (AvgIpc) is 2.70. The molecule has 6 nitrogen and oxygen atoms in total. The van der Waals surface area contributed by atoms with Crippen LogP contribution in [0.3, 0.4) is 0 Å². The van der Waals surface area contributed by atoms with Gasteiger partial charge in [0.05, 0.1) is 26.9 Å². The molecule has 0 heterocycles. The van der Waals surface area contributed by atoms with Gasteiger partial charge >= 0.3 is 0 Å². The highest BCUT2D eigenvalue weighted by molar-refractivity contribution is 14.0. The number of rotatable bonds is 8. The number of aliphatic hydroxyl groups excluding tert-OH is 1. The lowest BCUT2D eigenvalue weighted by Crippen LogP contribution is -2.39. The maximum Gasteiger partial charge on any atom is 0.191 e. The van der Waals surface area contributed by atoms with Crippen LogP contribution < -0.4 is 20.1 Å². The van der Waals surface area contributed by atoms with E-state index < -0.39 is 6.10 Å². The molecule has 2 aromatic rings. The second-order valence-electron chi connectivity index (χ2n) is 6.18. The molecule has 1 unspecified atom stereocenters. The highest BCUT2D eigenvalue weighted by atomic mass is 127. The minimum atomic E-state index is -0.645. The van der Waals surface area contributed by atoms with E-state index in [1.807, 2.05) is 56.3 Å². The van der Waals surface area contributed by atoms with Gasteiger partial charge in [0.25, 0.3) is 0 Å². The summed E-state index contributed by atoms with van der Waals surface area (Å²) >= 11 is 0. The van der Waals surface area contributed by atoms with Crippen LogP contribution in [0.15, 0.2) is 47.5 Å². The third-order valence-electron chi connectivity index (χ3n) is 4.16. The normalized spacial score (nSPS) is 12.0. The fourth-order valence-corrected chi connectivity index (χ4v) is 2.63. The van der Waals surface area contributed by atoms with Gasteiger partial charge in [-0.05, 0) is 43.2 Å². The number of guanidine groups is 1. The maximum atomic E-state index is 10.4. The van der Waals surface area contributed by atoms with Crippen molar-refractivity contribution in [1.29, 1.82) is 0 Å². The van der Waals surface area contributed by atoms with Crippen LogP contribution in [0.4, 0.5) is 0 Å². The first-order valence-electron chi connectivity index (χ1n) is 9.05. The van der Waals surface area contributed by atoms with Gasteiger partial charge in [-0.2, -0.15) is 0 Å². The van der Waals surface area contributed by atoms with Crippen molar-refractivity contribution in [3.8, 4) is 11.5 Å². The number of methoxy groups -OCH3 is 2. The van der Waals surface area contributed by atoms with Crippen LogP contribution in [0, 0.1) is 6.92 Å². The summed E-state index contributed by atoms with van der Waals surface area (Å²) in [4.78, 5) is 4.60. The molecule has 28 heavy (non-hydrogen) atoms. The van der Waals surface area contributed by atoms with E-state index in [4.69, 9.17) is 9.47 Å². The third kappa shape index (κ3) is 7.20. The number of nitrogens with one attached hydrogen (secondary N) is 2. The Balaban J connectivity index is 0.00000392. The summed E-state index contributed by atoms with van der Waals surface area (Å²) in [5.41, 5.74) is 2.97. The molecule has 3 N–H and O–H groups in total. The Labute approximate surface area is 184 Å². The Bertz CT molecular complexity index is 751. The van der Waals surface area contributed by atoms with Crippen molar-refractivity contribution in [2.45, 2.75) is 26.5 Å². The van der Waals surface area contributed by atoms with Crippen molar-refractivity contribution in [3.63, 3.8) is 0 Å². The van der Waals surface area contributed by atoms with Crippen LogP contribution >= 0.6 is 24.0 Å². The molecule has 7 heteroatoms. The van der Waals surface area contributed by atoms with Gasteiger partial charge in [-0.15, -0.1) is 24.0 Å². The largest absolute Gasteiger partial charge is 0.497 e. The summed E-state index contributed by atoms with van der Waals surface area (Å²) in [6, 6.07) is 13.4. The minimum absolute atomic E-state index is 0. The number of aliphatic imine (C=N–C) groups is 1. The van der Waals surface area contributed by atoms with Crippen LogP contribution in [-0.4, -0.2) is 38.4 Å². The average molecular weight is 499 g/mol. The Hall–Kier alpha value is -2.00. The van der Waals surface area contributed by atoms with E-state index >= 15 is 0 Å². The summed E-state index contributed by atoms with van der Waals surface area (Å²) in [6.07, 6.45) is -0.645.